The average molecular weight is 296 g/mol. The molecule has 2 rings (SSSR count). The van der Waals surface area contributed by atoms with Gasteiger partial charge in [-0.05, 0) is 26.7 Å². The van der Waals surface area contributed by atoms with Gasteiger partial charge in [0.2, 0.25) is 5.82 Å². The first-order valence-corrected chi connectivity index (χ1v) is 7.04. The summed E-state index contributed by atoms with van der Waals surface area (Å²) in [5.74, 6) is -0.0147. The highest BCUT2D eigenvalue weighted by atomic mass is 16.6. The molecule has 1 aliphatic rings. The molecule has 116 valence electrons. The van der Waals surface area contributed by atoms with Crippen molar-refractivity contribution in [1.82, 2.24) is 9.78 Å². The molecule has 1 aromatic rings. The molecule has 1 atom stereocenters. The lowest BCUT2D eigenvalue weighted by Crippen LogP contribution is -2.40. The van der Waals surface area contributed by atoms with Crippen LogP contribution in [-0.4, -0.2) is 40.9 Å². The average Bonchev–Trinajstić information content (AvgIpc) is 2.83. The Morgan fingerprint density at radius 1 is 1.57 bits per heavy atom. The number of ether oxygens (including phenoxy) is 1. The van der Waals surface area contributed by atoms with Crippen molar-refractivity contribution in [2.75, 3.05) is 25.1 Å². The van der Waals surface area contributed by atoms with E-state index in [9.17, 15) is 14.9 Å². The monoisotopic (exact) mass is 296 g/mol. The summed E-state index contributed by atoms with van der Waals surface area (Å²) in [6, 6.07) is 0. The van der Waals surface area contributed by atoms with Crippen molar-refractivity contribution in [3.8, 4) is 0 Å². The van der Waals surface area contributed by atoms with Crippen molar-refractivity contribution in [3.05, 3.63) is 15.8 Å². The predicted molar refractivity (Wildman–Crippen MR) is 76.2 cm³/mol. The first kappa shape index (κ1) is 15.3. The summed E-state index contributed by atoms with van der Waals surface area (Å²) >= 11 is 0. The van der Waals surface area contributed by atoms with Crippen LogP contribution in [0.4, 0.5) is 11.5 Å². The van der Waals surface area contributed by atoms with E-state index in [4.69, 9.17) is 4.74 Å². The summed E-state index contributed by atoms with van der Waals surface area (Å²) in [4.78, 5) is 24.5. The number of aromatic nitrogens is 2. The zero-order valence-electron chi connectivity index (χ0n) is 12.5. The maximum atomic E-state index is 11.7. The third-order valence-corrected chi connectivity index (χ3v) is 3.81. The van der Waals surface area contributed by atoms with E-state index >= 15 is 0 Å². The van der Waals surface area contributed by atoms with Crippen LogP contribution in [0.15, 0.2) is 0 Å². The largest absolute Gasteiger partial charge is 0.469 e. The van der Waals surface area contributed by atoms with Crippen LogP contribution in [0.5, 0.6) is 0 Å². The molecule has 8 nitrogen and oxygen atoms in total. The van der Waals surface area contributed by atoms with Gasteiger partial charge in [-0.15, -0.1) is 0 Å². The van der Waals surface area contributed by atoms with Crippen molar-refractivity contribution in [1.29, 1.82) is 0 Å². The van der Waals surface area contributed by atoms with E-state index in [0.29, 0.717) is 31.1 Å². The molecular weight excluding hydrogens is 276 g/mol. The van der Waals surface area contributed by atoms with Crippen molar-refractivity contribution in [2.24, 2.45) is 5.92 Å². The van der Waals surface area contributed by atoms with Crippen molar-refractivity contribution >= 4 is 17.5 Å². The van der Waals surface area contributed by atoms with E-state index in [1.165, 1.54) is 7.11 Å². The lowest BCUT2D eigenvalue weighted by Gasteiger charge is -2.32. The van der Waals surface area contributed by atoms with Gasteiger partial charge in [0.15, 0.2) is 0 Å². The van der Waals surface area contributed by atoms with Crippen LogP contribution < -0.4 is 4.90 Å². The minimum absolute atomic E-state index is 0.0300. The van der Waals surface area contributed by atoms with Crippen molar-refractivity contribution in [3.63, 3.8) is 0 Å². The Hall–Kier alpha value is -2.12. The Balaban J connectivity index is 2.36. The fourth-order valence-corrected chi connectivity index (χ4v) is 2.84. The second-order valence-corrected chi connectivity index (χ2v) is 5.14. The van der Waals surface area contributed by atoms with Crippen molar-refractivity contribution < 1.29 is 14.5 Å². The highest BCUT2D eigenvalue weighted by molar-refractivity contribution is 5.74. The van der Waals surface area contributed by atoms with Crippen LogP contribution in [-0.2, 0) is 16.1 Å². The lowest BCUT2D eigenvalue weighted by molar-refractivity contribution is -0.384. The fraction of sp³-hybridized carbons (Fsp3) is 0.692. The third kappa shape index (κ3) is 2.84. The molecule has 0 amide bonds. The Kier molecular flexibility index (Phi) is 4.44. The number of carbonyl (C=O) groups excluding carboxylic acids is 1. The predicted octanol–water partition coefficient (Wildman–Crippen LogP) is 1.51. The van der Waals surface area contributed by atoms with Gasteiger partial charge in [0.25, 0.3) is 0 Å². The minimum atomic E-state index is -0.397. The zero-order valence-corrected chi connectivity index (χ0v) is 12.5. The quantitative estimate of drug-likeness (QED) is 0.475. The summed E-state index contributed by atoms with van der Waals surface area (Å²) in [5, 5.41) is 15.6. The van der Waals surface area contributed by atoms with Gasteiger partial charge in [-0.1, -0.05) is 0 Å². The lowest BCUT2D eigenvalue weighted by atomic mass is 9.98. The zero-order chi connectivity index (χ0) is 15.6. The first-order chi connectivity index (χ1) is 9.99. The number of esters is 1. The molecule has 0 radical (unpaired) electrons. The maximum absolute atomic E-state index is 11.7. The van der Waals surface area contributed by atoms with E-state index in [-0.39, 0.29) is 17.6 Å². The molecule has 1 fully saturated rings. The van der Waals surface area contributed by atoms with E-state index in [1.807, 2.05) is 11.8 Å². The standard InChI is InChI=1S/C13H20N4O4/c1-4-16-12(11(17(19)20)9(2)14-16)15-7-5-6-10(8-15)13(18)21-3/h10H,4-8H2,1-3H3. The van der Waals surface area contributed by atoms with Crippen LogP contribution in [0.1, 0.15) is 25.5 Å². The number of anilines is 1. The number of nitrogens with zero attached hydrogens (tertiary/aromatic N) is 4. The highest BCUT2D eigenvalue weighted by Crippen LogP contribution is 2.34. The molecule has 0 saturated carbocycles. The van der Waals surface area contributed by atoms with Crippen LogP contribution in [0.25, 0.3) is 0 Å². The Morgan fingerprint density at radius 2 is 2.29 bits per heavy atom. The molecule has 0 spiro atoms. The molecule has 21 heavy (non-hydrogen) atoms. The molecule has 2 heterocycles. The van der Waals surface area contributed by atoms with Gasteiger partial charge >= 0.3 is 11.7 Å². The molecular formula is C13H20N4O4. The summed E-state index contributed by atoms with van der Waals surface area (Å²) in [6.07, 6.45) is 1.54. The second-order valence-electron chi connectivity index (χ2n) is 5.14. The van der Waals surface area contributed by atoms with E-state index in [2.05, 4.69) is 5.10 Å². The first-order valence-electron chi connectivity index (χ1n) is 7.04. The number of aryl methyl sites for hydroxylation is 2. The number of hydrogen-bond acceptors (Lipinski definition) is 6. The van der Waals surface area contributed by atoms with Gasteiger partial charge in [-0.2, -0.15) is 5.10 Å². The highest BCUT2D eigenvalue weighted by Gasteiger charge is 2.34. The van der Waals surface area contributed by atoms with Gasteiger partial charge in [0.1, 0.15) is 5.69 Å². The molecule has 1 aromatic heterocycles. The topological polar surface area (TPSA) is 90.5 Å². The Labute approximate surface area is 122 Å². The van der Waals surface area contributed by atoms with Gasteiger partial charge < -0.3 is 9.64 Å². The summed E-state index contributed by atoms with van der Waals surface area (Å²) in [6.45, 7) is 5.18. The van der Waals surface area contributed by atoms with Gasteiger partial charge in [-0.25, -0.2) is 4.68 Å². The van der Waals surface area contributed by atoms with Crippen LogP contribution >= 0.6 is 0 Å². The molecule has 8 heteroatoms. The SMILES string of the molecule is CCn1nc(C)c([N+](=O)[O-])c1N1CCCC(C(=O)OC)C1. The number of piperidine rings is 1. The van der Waals surface area contributed by atoms with E-state index in [1.54, 1.807) is 11.6 Å². The van der Waals surface area contributed by atoms with Crippen LogP contribution in [0.2, 0.25) is 0 Å². The summed E-state index contributed by atoms with van der Waals surface area (Å²) in [7, 11) is 1.37. The molecule has 1 aliphatic heterocycles. The summed E-state index contributed by atoms with van der Waals surface area (Å²) in [5.41, 5.74) is 0.430. The second kappa shape index (κ2) is 6.11. The molecule has 0 aromatic carbocycles. The number of methoxy groups -OCH3 is 1. The number of rotatable bonds is 4. The number of nitro groups is 1. The molecule has 1 unspecified atom stereocenters. The minimum Gasteiger partial charge on any atom is -0.469 e. The normalized spacial score (nSPS) is 18.6. The van der Waals surface area contributed by atoms with E-state index in [0.717, 1.165) is 12.8 Å². The third-order valence-electron chi connectivity index (χ3n) is 3.81. The molecule has 0 N–H and O–H groups in total. The smallest absolute Gasteiger partial charge is 0.333 e. The van der Waals surface area contributed by atoms with Gasteiger partial charge in [0.05, 0.1) is 18.0 Å². The Morgan fingerprint density at radius 3 is 2.86 bits per heavy atom. The van der Waals surface area contributed by atoms with Crippen molar-refractivity contribution in [2.45, 2.75) is 33.2 Å². The van der Waals surface area contributed by atoms with Crippen LogP contribution in [0.3, 0.4) is 0 Å². The number of carbonyl (C=O) groups is 1. The van der Waals surface area contributed by atoms with Gasteiger partial charge in [-0.3, -0.25) is 14.9 Å². The van der Waals surface area contributed by atoms with Crippen LogP contribution in [0, 0.1) is 23.0 Å². The molecule has 0 aliphatic carbocycles. The van der Waals surface area contributed by atoms with Gasteiger partial charge in [0, 0.05) is 19.6 Å². The molecule has 0 bridgehead atoms. The maximum Gasteiger partial charge on any atom is 0.333 e. The Bertz CT molecular complexity index is 555. The summed E-state index contributed by atoms with van der Waals surface area (Å²) < 4.78 is 6.42. The fourth-order valence-electron chi connectivity index (χ4n) is 2.84. The molecule has 1 saturated heterocycles. The van der Waals surface area contributed by atoms with E-state index < -0.39 is 4.92 Å². The number of hydrogen-bond donors (Lipinski definition) is 0.